The van der Waals surface area contributed by atoms with Gasteiger partial charge in [0.15, 0.2) is 5.76 Å². The molecule has 2 saturated heterocycles. The summed E-state index contributed by atoms with van der Waals surface area (Å²) >= 11 is 0. The molecule has 0 spiro atoms. The van der Waals surface area contributed by atoms with E-state index in [4.69, 9.17) is 4.42 Å². The molecule has 12 nitrogen and oxygen atoms in total. The lowest BCUT2D eigenvalue weighted by atomic mass is 10.1. The Labute approximate surface area is 294 Å². The molecule has 2 aliphatic rings. The van der Waals surface area contributed by atoms with E-state index in [9.17, 15) is 19.2 Å². The average molecular weight is 684 g/mol. The van der Waals surface area contributed by atoms with Crippen LogP contribution in [0.25, 0.3) is 22.8 Å². The minimum Gasteiger partial charge on any atom is -0.436 e. The van der Waals surface area contributed by atoms with Crippen LogP contribution in [0.2, 0.25) is 0 Å². The maximum absolute atomic E-state index is 12.9. The molecule has 258 valence electrons. The van der Waals surface area contributed by atoms with Crippen molar-refractivity contribution in [3.05, 3.63) is 115 Å². The Balaban J connectivity index is 0.906. The van der Waals surface area contributed by atoms with Gasteiger partial charge in [-0.3, -0.25) is 29.1 Å². The number of carbonyl (C=O) groups excluding carboxylic acids is 4. The number of anilines is 2. The van der Waals surface area contributed by atoms with Crippen LogP contribution in [0.5, 0.6) is 0 Å². The molecule has 2 N–H and O–H groups in total. The highest BCUT2D eigenvalue weighted by atomic mass is 16.4. The van der Waals surface area contributed by atoms with Crippen molar-refractivity contribution in [3.8, 4) is 22.8 Å². The number of pyridine rings is 2. The van der Waals surface area contributed by atoms with Gasteiger partial charge in [-0.15, -0.1) is 0 Å². The molecule has 2 fully saturated rings. The first-order chi connectivity index (χ1) is 24.9. The summed E-state index contributed by atoms with van der Waals surface area (Å²) in [6, 6.07) is 21.2. The van der Waals surface area contributed by atoms with Gasteiger partial charge in [-0.1, -0.05) is 0 Å². The van der Waals surface area contributed by atoms with Crippen LogP contribution in [-0.4, -0.2) is 73.6 Å². The maximum Gasteiger partial charge on any atom is 0.255 e. The number of aromatic nitrogens is 3. The molecule has 0 bridgehead atoms. The third-order valence-electron chi connectivity index (χ3n) is 9.31. The van der Waals surface area contributed by atoms with E-state index in [-0.39, 0.29) is 48.6 Å². The number of rotatable bonds is 10. The van der Waals surface area contributed by atoms with Gasteiger partial charge in [0.05, 0.1) is 17.3 Å². The second-order valence-corrected chi connectivity index (χ2v) is 12.8. The van der Waals surface area contributed by atoms with Gasteiger partial charge < -0.3 is 24.9 Å². The van der Waals surface area contributed by atoms with Crippen molar-refractivity contribution in [3.63, 3.8) is 0 Å². The average Bonchev–Trinajstić information content (AvgIpc) is 3.95. The summed E-state index contributed by atoms with van der Waals surface area (Å²) in [6.07, 6.45) is 11.7. The first-order valence-electron chi connectivity index (χ1n) is 17.1. The molecule has 0 unspecified atom stereocenters. The number of hydrogen-bond acceptors (Lipinski definition) is 8. The summed E-state index contributed by atoms with van der Waals surface area (Å²) < 4.78 is 6.05. The smallest absolute Gasteiger partial charge is 0.255 e. The zero-order valence-corrected chi connectivity index (χ0v) is 27.9. The molecule has 2 aromatic carbocycles. The van der Waals surface area contributed by atoms with E-state index in [1.165, 1.54) is 0 Å². The van der Waals surface area contributed by atoms with Crippen molar-refractivity contribution >= 4 is 35.0 Å². The predicted octanol–water partition coefficient (Wildman–Crippen LogP) is 6.07. The molecule has 0 aliphatic carbocycles. The van der Waals surface area contributed by atoms with Crippen molar-refractivity contribution in [1.29, 1.82) is 0 Å². The maximum atomic E-state index is 12.9. The Kier molecular flexibility index (Phi) is 9.91. The minimum absolute atomic E-state index is 0.101. The molecule has 3 aromatic heterocycles. The standard InChI is InChI=1S/C39H37N7O5/c47-35(21-32-7-3-19-45(32)38(49)28-5-1-17-40-23-28)43-30-13-9-26(10-14-30)34-25-42-37(51-34)27-11-15-31(16-12-27)44-36(48)22-33-8-4-20-46(33)39(50)29-6-2-18-41-24-29/h1-2,5-6,9-18,23-25,32-33H,3-4,7-8,19-22H2,(H,43,47)(H,44,48)/t32-,33-/m0/s1. The molecule has 0 saturated carbocycles. The number of likely N-dealkylation sites (tertiary alicyclic amines) is 2. The first-order valence-corrected chi connectivity index (χ1v) is 17.1. The van der Waals surface area contributed by atoms with Crippen LogP contribution >= 0.6 is 0 Å². The fourth-order valence-corrected chi connectivity index (χ4v) is 6.75. The molecule has 12 heteroatoms. The van der Waals surface area contributed by atoms with Crippen LogP contribution in [-0.2, 0) is 9.59 Å². The topological polar surface area (TPSA) is 151 Å². The van der Waals surface area contributed by atoms with E-state index >= 15 is 0 Å². The Hall–Kier alpha value is -6.17. The molecule has 0 radical (unpaired) electrons. The van der Waals surface area contributed by atoms with Crippen molar-refractivity contribution in [2.24, 2.45) is 0 Å². The van der Waals surface area contributed by atoms with Crippen molar-refractivity contribution in [1.82, 2.24) is 24.8 Å². The van der Waals surface area contributed by atoms with Gasteiger partial charge in [0, 0.05) is 85.3 Å². The second kappa shape index (κ2) is 15.2. The highest BCUT2D eigenvalue weighted by Gasteiger charge is 2.32. The van der Waals surface area contributed by atoms with Crippen LogP contribution in [0.4, 0.5) is 11.4 Å². The molecular formula is C39H37N7O5. The largest absolute Gasteiger partial charge is 0.436 e. The number of amides is 4. The van der Waals surface area contributed by atoms with Crippen molar-refractivity contribution < 1.29 is 23.6 Å². The summed E-state index contributed by atoms with van der Waals surface area (Å²) in [5.41, 5.74) is 3.87. The summed E-state index contributed by atoms with van der Waals surface area (Å²) in [5, 5.41) is 5.89. The summed E-state index contributed by atoms with van der Waals surface area (Å²) in [4.78, 5) is 67.8. The number of nitrogens with zero attached hydrogens (tertiary/aromatic N) is 5. The van der Waals surface area contributed by atoms with Gasteiger partial charge >= 0.3 is 0 Å². The number of oxazole rings is 1. The lowest BCUT2D eigenvalue weighted by molar-refractivity contribution is -0.117. The molecule has 2 aliphatic heterocycles. The van der Waals surface area contributed by atoms with Crippen LogP contribution in [0, 0.1) is 0 Å². The molecular weight excluding hydrogens is 646 g/mol. The van der Waals surface area contributed by atoms with E-state index < -0.39 is 0 Å². The van der Waals surface area contributed by atoms with Crippen LogP contribution in [0.3, 0.4) is 0 Å². The second-order valence-electron chi connectivity index (χ2n) is 12.8. The van der Waals surface area contributed by atoms with E-state index in [0.717, 1.165) is 36.8 Å². The Morgan fingerprint density at radius 3 is 1.61 bits per heavy atom. The molecule has 5 heterocycles. The zero-order chi connectivity index (χ0) is 35.2. The SMILES string of the molecule is O=C(C[C@@H]1CCCN1C(=O)c1cccnc1)Nc1ccc(-c2cnc(-c3ccc(NC(=O)C[C@@H]4CCCN4C(=O)c4cccnc4)cc3)o2)cc1. The fraction of sp³-hybridized carbons (Fsp3) is 0.256. The van der Waals surface area contributed by atoms with Gasteiger partial charge in [-0.2, -0.15) is 0 Å². The zero-order valence-electron chi connectivity index (χ0n) is 27.9. The summed E-state index contributed by atoms with van der Waals surface area (Å²) in [6.45, 7) is 1.25. The van der Waals surface area contributed by atoms with Gasteiger partial charge in [-0.25, -0.2) is 4.98 Å². The minimum atomic E-state index is -0.161. The molecule has 51 heavy (non-hydrogen) atoms. The molecule has 4 amide bonds. The molecule has 2 atom stereocenters. The molecule has 7 rings (SSSR count). The van der Waals surface area contributed by atoms with Gasteiger partial charge in [-0.05, 0) is 98.5 Å². The fourth-order valence-electron chi connectivity index (χ4n) is 6.75. The lowest BCUT2D eigenvalue weighted by Gasteiger charge is -2.24. The van der Waals surface area contributed by atoms with E-state index in [1.54, 1.807) is 89.3 Å². The summed E-state index contributed by atoms with van der Waals surface area (Å²) in [5.74, 6) is 0.478. The number of carbonyl (C=O) groups is 4. The van der Waals surface area contributed by atoms with Crippen LogP contribution < -0.4 is 10.6 Å². The molecule has 5 aromatic rings. The van der Waals surface area contributed by atoms with E-state index in [0.29, 0.717) is 47.2 Å². The highest BCUT2D eigenvalue weighted by Crippen LogP contribution is 2.29. The Morgan fingerprint density at radius 1 is 0.647 bits per heavy atom. The van der Waals surface area contributed by atoms with Gasteiger partial charge in [0.25, 0.3) is 11.8 Å². The van der Waals surface area contributed by atoms with E-state index in [1.807, 2.05) is 24.3 Å². The monoisotopic (exact) mass is 683 g/mol. The number of nitrogens with one attached hydrogen (secondary N) is 2. The number of benzene rings is 2. The first kappa shape index (κ1) is 33.3. The Bertz CT molecular complexity index is 1860. The van der Waals surface area contributed by atoms with Crippen molar-refractivity contribution in [2.75, 3.05) is 23.7 Å². The van der Waals surface area contributed by atoms with Gasteiger partial charge in [0.1, 0.15) is 0 Å². The third kappa shape index (κ3) is 7.85. The van der Waals surface area contributed by atoms with Crippen molar-refractivity contribution in [2.45, 2.75) is 50.6 Å². The Morgan fingerprint density at radius 2 is 1.14 bits per heavy atom. The lowest BCUT2D eigenvalue weighted by Crippen LogP contribution is -2.37. The quantitative estimate of drug-likeness (QED) is 0.180. The predicted molar refractivity (Wildman–Crippen MR) is 190 cm³/mol. The highest BCUT2D eigenvalue weighted by molar-refractivity contribution is 5.97. The van der Waals surface area contributed by atoms with Crippen LogP contribution in [0.1, 0.15) is 59.2 Å². The van der Waals surface area contributed by atoms with Gasteiger partial charge in [0.2, 0.25) is 17.7 Å². The normalized spacial score (nSPS) is 16.9. The number of hydrogen-bond donors (Lipinski definition) is 2. The summed E-state index contributed by atoms with van der Waals surface area (Å²) in [7, 11) is 0. The third-order valence-corrected chi connectivity index (χ3v) is 9.31. The van der Waals surface area contributed by atoms with E-state index in [2.05, 4.69) is 25.6 Å². The van der Waals surface area contributed by atoms with Crippen LogP contribution in [0.15, 0.2) is 108 Å².